The third-order valence-electron chi connectivity index (χ3n) is 6.16. The second-order valence-corrected chi connectivity index (χ2v) is 7.97. The fourth-order valence-electron chi connectivity index (χ4n) is 4.47. The average molecular weight is 388 g/mol. The zero-order chi connectivity index (χ0) is 18.2. The van der Waals surface area contributed by atoms with Crippen LogP contribution in [0.3, 0.4) is 0 Å². The summed E-state index contributed by atoms with van der Waals surface area (Å²) in [5.74, 6) is -0.157. The summed E-state index contributed by atoms with van der Waals surface area (Å²) in [7, 11) is 2.23. The van der Waals surface area contributed by atoms with E-state index in [1.165, 1.54) is 0 Å². The number of esters is 1. The van der Waals surface area contributed by atoms with Gasteiger partial charge < -0.3 is 26.7 Å². The van der Waals surface area contributed by atoms with E-state index in [1.807, 2.05) is 36.4 Å². The lowest BCUT2D eigenvalue weighted by Crippen LogP contribution is -3.00. The number of likely N-dealkylation sites (N-methyl/N-ethyl adjacent to an activating group) is 1. The van der Waals surface area contributed by atoms with Crippen LogP contribution in [0.4, 0.5) is 0 Å². The molecular weight excluding hydrogens is 362 g/mol. The summed E-state index contributed by atoms with van der Waals surface area (Å²) in [5, 5.41) is 11.5. The molecule has 27 heavy (non-hydrogen) atoms. The van der Waals surface area contributed by atoms with E-state index in [4.69, 9.17) is 4.74 Å². The Bertz CT molecular complexity index is 733. The molecule has 5 heteroatoms. The van der Waals surface area contributed by atoms with E-state index in [0.29, 0.717) is 17.0 Å². The van der Waals surface area contributed by atoms with Crippen LogP contribution >= 0.6 is 0 Å². The van der Waals surface area contributed by atoms with Gasteiger partial charge in [-0.15, -0.1) is 0 Å². The zero-order valence-electron chi connectivity index (χ0n) is 15.6. The Hall–Kier alpha value is -1.88. The molecule has 0 aromatic heterocycles. The number of carbonyl (C=O) groups excluding carboxylic acids is 1. The van der Waals surface area contributed by atoms with Crippen LogP contribution in [0.15, 0.2) is 60.7 Å². The van der Waals surface area contributed by atoms with Gasteiger partial charge in [-0.3, -0.25) is 0 Å². The molecule has 3 aliphatic rings. The van der Waals surface area contributed by atoms with E-state index in [2.05, 4.69) is 7.05 Å². The number of aliphatic hydroxyl groups is 1. The molecule has 3 aliphatic heterocycles. The van der Waals surface area contributed by atoms with Gasteiger partial charge in [-0.25, -0.2) is 4.79 Å². The largest absolute Gasteiger partial charge is 1.00 e. The van der Waals surface area contributed by atoms with Gasteiger partial charge in [0.1, 0.15) is 6.54 Å². The standard InChI is InChI=1S/C22H26NO3.ClH/c1-23-14-12-17(13-15-23)20(16-23)26-21(24)22(25,18-8-4-2-5-9-18)19-10-6-3-7-11-19;/h2-11,17,20,25H,12-16H2,1H3;1H/q+1;/p-1/t17?,20-,23?;/m0./s1. The van der Waals surface area contributed by atoms with E-state index in [0.717, 1.165) is 37.0 Å². The quantitative estimate of drug-likeness (QED) is 0.579. The molecule has 5 rings (SSSR count). The molecule has 2 aromatic rings. The van der Waals surface area contributed by atoms with Gasteiger partial charge in [0, 0.05) is 18.8 Å². The highest BCUT2D eigenvalue weighted by atomic mass is 35.5. The Morgan fingerprint density at radius 1 is 1.00 bits per heavy atom. The summed E-state index contributed by atoms with van der Waals surface area (Å²) >= 11 is 0. The third kappa shape index (κ3) is 3.62. The van der Waals surface area contributed by atoms with Crippen LogP contribution in [0.2, 0.25) is 0 Å². The number of carbonyl (C=O) groups is 1. The molecule has 0 amide bonds. The molecule has 3 fully saturated rings. The highest BCUT2D eigenvalue weighted by molar-refractivity contribution is 5.85. The Labute approximate surface area is 166 Å². The summed E-state index contributed by atoms with van der Waals surface area (Å²) in [6, 6.07) is 18.2. The summed E-state index contributed by atoms with van der Waals surface area (Å²) in [6.07, 6.45) is 2.06. The number of rotatable bonds is 4. The molecule has 3 heterocycles. The number of fused-ring (bicyclic) bond motifs is 3. The first kappa shape index (κ1) is 19.9. The van der Waals surface area contributed by atoms with Crippen LogP contribution in [-0.4, -0.2) is 48.3 Å². The molecule has 3 saturated heterocycles. The van der Waals surface area contributed by atoms with Crippen molar-refractivity contribution in [3.63, 3.8) is 0 Å². The third-order valence-corrected chi connectivity index (χ3v) is 6.16. The minimum atomic E-state index is -1.78. The predicted octanol–water partition coefficient (Wildman–Crippen LogP) is -0.291. The predicted molar refractivity (Wildman–Crippen MR) is 99.3 cm³/mol. The minimum Gasteiger partial charge on any atom is -1.00 e. The van der Waals surface area contributed by atoms with Gasteiger partial charge >= 0.3 is 5.97 Å². The molecule has 0 spiro atoms. The topological polar surface area (TPSA) is 46.5 Å². The fourth-order valence-corrected chi connectivity index (χ4v) is 4.47. The maximum Gasteiger partial charge on any atom is 0.348 e. The van der Waals surface area contributed by atoms with E-state index in [1.54, 1.807) is 24.3 Å². The number of quaternary nitrogens is 1. The number of benzene rings is 2. The Kier molecular flexibility index (Phi) is 5.61. The number of nitrogens with zero attached hydrogens (tertiary/aromatic N) is 1. The average Bonchev–Trinajstić information content (AvgIpc) is 2.69. The van der Waals surface area contributed by atoms with E-state index >= 15 is 0 Å². The molecule has 1 N–H and O–H groups in total. The van der Waals surface area contributed by atoms with Gasteiger partial charge in [0.2, 0.25) is 5.60 Å². The normalized spacial score (nSPS) is 26.9. The SMILES string of the molecule is C[N+]12CCC(CC1)[C@@H](OC(=O)C(O)(c1ccccc1)c1ccccc1)C2.[Cl-]. The Morgan fingerprint density at radius 2 is 1.48 bits per heavy atom. The molecule has 2 aromatic carbocycles. The highest BCUT2D eigenvalue weighted by Gasteiger charge is 2.49. The molecule has 4 nitrogen and oxygen atoms in total. The van der Waals surface area contributed by atoms with Gasteiger partial charge in [-0.05, 0) is 11.1 Å². The van der Waals surface area contributed by atoms with Crippen LogP contribution in [0.1, 0.15) is 24.0 Å². The monoisotopic (exact) mass is 387 g/mol. The number of hydrogen-bond acceptors (Lipinski definition) is 3. The van der Waals surface area contributed by atoms with Crippen molar-refractivity contribution < 1.29 is 31.5 Å². The maximum absolute atomic E-state index is 13.2. The molecule has 0 unspecified atom stereocenters. The second kappa shape index (κ2) is 7.63. The molecular formula is C22H26ClNO3. The number of hydrogen-bond donors (Lipinski definition) is 1. The van der Waals surface area contributed by atoms with Crippen molar-refractivity contribution in [1.29, 1.82) is 0 Å². The maximum atomic E-state index is 13.2. The van der Waals surface area contributed by atoms with E-state index < -0.39 is 11.6 Å². The smallest absolute Gasteiger partial charge is 0.348 e. The van der Waals surface area contributed by atoms with Gasteiger partial charge in [-0.1, -0.05) is 60.7 Å². The molecule has 0 aliphatic carbocycles. The van der Waals surface area contributed by atoms with Gasteiger partial charge in [0.25, 0.3) is 0 Å². The highest BCUT2D eigenvalue weighted by Crippen LogP contribution is 2.37. The van der Waals surface area contributed by atoms with Crippen LogP contribution in [0.25, 0.3) is 0 Å². The van der Waals surface area contributed by atoms with Crippen molar-refractivity contribution in [3.8, 4) is 0 Å². The summed E-state index contributed by atoms with van der Waals surface area (Å²) < 4.78 is 6.92. The minimum absolute atomic E-state index is 0. The molecule has 2 bridgehead atoms. The van der Waals surface area contributed by atoms with Crippen molar-refractivity contribution in [3.05, 3.63) is 71.8 Å². The van der Waals surface area contributed by atoms with Crippen molar-refractivity contribution in [2.45, 2.75) is 24.5 Å². The first-order valence-corrected chi connectivity index (χ1v) is 9.39. The van der Waals surface area contributed by atoms with E-state index in [-0.39, 0.29) is 18.5 Å². The number of halogens is 1. The van der Waals surface area contributed by atoms with Gasteiger partial charge in [-0.2, -0.15) is 0 Å². The van der Waals surface area contributed by atoms with Crippen LogP contribution in [-0.2, 0) is 15.1 Å². The number of ether oxygens (including phenoxy) is 1. The van der Waals surface area contributed by atoms with Crippen LogP contribution in [0.5, 0.6) is 0 Å². The Morgan fingerprint density at radius 3 is 1.93 bits per heavy atom. The zero-order valence-corrected chi connectivity index (χ0v) is 16.3. The number of piperidine rings is 3. The summed E-state index contributed by atoms with van der Waals surface area (Å²) in [5.41, 5.74) is -0.705. The lowest BCUT2D eigenvalue weighted by atomic mass is 9.83. The van der Waals surface area contributed by atoms with Crippen molar-refractivity contribution in [2.75, 3.05) is 26.7 Å². The first-order chi connectivity index (χ1) is 12.5. The van der Waals surface area contributed by atoms with Gasteiger partial charge in [0.05, 0.1) is 20.1 Å². The molecule has 144 valence electrons. The lowest BCUT2D eigenvalue weighted by molar-refractivity contribution is -0.928. The molecule has 0 radical (unpaired) electrons. The first-order valence-electron chi connectivity index (χ1n) is 9.39. The van der Waals surface area contributed by atoms with Crippen LogP contribution in [0, 0.1) is 5.92 Å². The molecule has 1 atom stereocenters. The molecule has 0 saturated carbocycles. The van der Waals surface area contributed by atoms with E-state index in [9.17, 15) is 9.90 Å². The fraction of sp³-hybridized carbons (Fsp3) is 0.409. The van der Waals surface area contributed by atoms with Gasteiger partial charge in [0.15, 0.2) is 6.10 Å². The van der Waals surface area contributed by atoms with Crippen LogP contribution < -0.4 is 12.4 Å². The summed E-state index contributed by atoms with van der Waals surface area (Å²) in [4.78, 5) is 13.2. The lowest BCUT2D eigenvalue weighted by Gasteiger charge is -2.50. The van der Waals surface area contributed by atoms with Crippen molar-refractivity contribution in [2.24, 2.45) is 5.92 Å². The van der Waals surface area contributed by atoms with Crippen molar-refractivity contribution >= 4 is 5.97 Å². The summed E-state index contributed by atoms with van der Waals surface area (Å²) in [6.45, 7) is 3.15. The van der Waals surface area contributed by atoms with Crippen molar-refractivity contribution in [1.82, 2.24) is 0 Å². The second-order valence-electron chi connectivity index (χ2n) is 7.97. The Balaban J connectivity index is 0.00000210.